The van der Waals surface area contributed by atoms with E-state index in [0.717, 1.165) is 49.8 Å². The Labute approximate surface area is 187 Å². The Morgan fingerprint density at radius 1 is 0.903 bits per heavy atom. The Bertz CT molecular complexity index is 807. The summed E-state index contributed by atoms with van der Waals surface area (Å²) in [5.41, 5.74) is 2.60. The summed E-state index contributed by atoms with van der Waals surface area (Å²) in [6, 6.07) is 19.7. The molecule has 0 unspecified atom stereocenters. The number of nitrogens with zero attached hydrogens (tertiary/aromatic N) is 1. The van der Waals surface area contributed by atoms with Crippen LogP contribution in [0, 0.1) is 0 Å². The van der Waals surface area contributed by atoms with Crippen molar-refractivity contribution in [2.75, 3.05) is 7.11 Å². The lowest BCUT2D eigenvalue weighted by Crippen LogP contribution is -2.50. The van der Waals surface area contributed by atoms with Crippen molar-refractivity contribution in [2.45, 2.75) is 82.3 Å². The Balaban J connectivity index is 1.44. The third-order valence-electron chi connectivity index (χ3n) is 7.11. The van der Waals surface area contributed by atoms with Gasteiger partial charge in [-0.2, -0.15) is 0 Å². The molecule has 0 aromatic heterocycles. The number of nitrogens with one attached hydrogen (secondary N) is 1. The second-order valence-electron chi connectivity index (χ2n) is 9.18. The molecule has 0 radical (unpaired) electrons. The maximum absolute atomic E-state index is 13.4. The number of rotatable bonds is 6. The molecule has 2 saturated carbocycles. The van der Waals surface area contributed by atoms with Crippen molar-refractivity contribution in [2.24, 2.45) is 0 Å². The predicted octanol–water partition coefficient (Wildman–Crippen LogP) is 6.27. The van der Waals surface area contributed by atoms with Gasteiger partial charge in [0, 0.05) is 18.6 Å². The number of benzene rings is 2. The smallest absolute Gasteiger partial charge is 0.318 e. The van der Waals surface area contributed by atoms with Crippen molar-refractivity contribution >= 4 is 6.03 Å². The quantitative estimate of drug-likeness (QED) is 0.599. The van der Waals surface area contributed by atoms with Crippen LogP contribution in [0.15, 0.2) is 54.6 Å². The van der Waals surface area contributed by atoms with Gasteiger partial charge in [0.25, 0.3) is 0 Å². The molecule has 2 aliphatic carbocycles. The Hall–Kier alpha value is -2.49. The molecule has 0 spiro atoms. The molecule has 0 saturated heterocycles. The van der Waals surface area contributed by atoms with Gasteiger partial charge in [-0.05, 0) is 67.7 Å². The summed E-state index contributed by atoms with van der Waals surface area (Å²) in [6.07, 6.45) is 10.4. The van der Waals surface area contributed by atoms with Crippen LogP contribution in [-0.4, -0.2) is 30.1 Å². The highest BCUT2D eigenvalue weighted by molar-refractivity contribution is 5.75. The van der Waals surface area contributed by atoms with Gasteiger partial charge < -0.3 is 15.0 Å². The van der Waals surface area contributed by atoms with Crippen molar-refractivity contribution in [1.29, 1.82) is 0 Å². The molecule has 2 aromatic rings. The van der Waals surface area contributed by atoms with Crippen LogP contribution in [0.25, 0.3) is 0 Å². The molecule has 0 aliphatic heterocycles. The Morgan fingerprint density at radius 2 is 1.58 bits per heavy atom. The van der Waals surface area contributed by atoms with Crippen LogP contribution < -0.4 is 10.1 Å². The van der Waals surface area contributed by atoms with Gasteiger partial charge in [0.15, 0.2) is 0 Å². The molecule has 0 bridgehead atoms. The maximum atomic E-state index is 13.4. The molecule has 4 rings (SSSR count). The number of ether oxygens (including phenoxy) is 1. The summed E-state index contributed by atoms with van der Waals surface area (Å²) in [7, 11) is 1.68. The van der Waals surface area contributed by atoms with E-state index in [1.54, 1.807) is 7.11 Å². The fraction of sp³-hybridized carbons (Fsp3) is 0.519. The zero-order valence-electron chi connectivity index (χ0n) is 18.8. The number of carbonyl (C=O) groups excluding carboxylic acids is 1. The Morgan fingerprint density at radius 3 is 2.23 bits per heavy atom. The number of carbonyl (C=O) groups is 1. The van der Waals surface area contributed by atoms with Gasteiger partial charge in [-0.15, -0.1) is 0 Å². The molecule has 0 heterocycles. The summed E-state index contributed by atoms with van der Waals surface area (Å²) >= 11 is 0. The minimum absolute atomic E-state index is 0.117. The van der Waals surface area contributed by atoms with E-state index in [0.29, 0.717) is 24.5 Å². The third kappa shape index (κ3) is 5.81. The van der Waals surface area contributed by atoms with Gasteiger partial charge in [-0.1, -0.05) is 61.7 Å². The van der Waals surface area contributed by atoms with Crippen LogP contribution in [0.4, 0.5) is 4.79 Å². The van der Waals surface area contributed by atoms with Gasteiger partial charge in [-0.25, -0.2) is 4.79 Å². The highest BCUT2D eigenvalue weighted by Crippen LogP contribution is 2.35. The molecule has 166 valence electrons. The van der Waals surface area contributed by atoms with Crippen molar-refractivity contribution in [3.8, 4) is 5.75 Å². The lowest BCUT2D eigenvalue weighted by Gasteiger charge is -2.38. The molecular weight excluding hydrogens is 384 g/mol. The molecule has 4 heteroatoms. The number of methoxy groups -OCH3 is 1. The van der Waals surface area contributed by atoms with E-state index < -0.39 is 0 Å². The molecule has 2 amide bonds. The average Bonchev–Trinajstić information content (AvgIpc) is 2.84. The van der Waals surface area contributed by atoms with Crippen molar-refractivity contribution in [3.63, 3.8) is 0 Å². The first-order chi connectivity index (χ1) is 15.2. The third-order valence-corrected chi connectivity index (χ3v) is 7.11. The van der Waals surface area contributed by atoms with Crippen molar-refractivity contribution in [3.05, 3.63) is 65.7 Å². The van der Waals surface area contributed by atoms with Crippen LogP contribution >= 0.6 is 0 Å². The fourth-order valence-corrected chi connectivity index (χ4v) is 5.24. The van der Waals surface area contributed by atoms with Crippen LogP contribution in [0.2, 0.25) is 0 Å². The zero-order chi connectivity index (χ0) is 21.5. The van der Waals surface area contributed by atoms with E-state index in [1.165, 1.54) is 24.8 Å². The molecular formula is C27H36N2O2. The topological polar surface area (TPSA) is 41.6 Å². The standard InChI is InChI=1S/C27H36N2O2/c1-31-26-18-12-21(13-19-26)20-29(27(30)28-24-10-6-3-7-11-24)25-16-14-23(15-17-25)22-8-4-2-5-9-22/h2,4-5,8-9,12-13,18-19,23-25H,3,6-7,10-11,14-17,20H2,1H3,(H,28,30). The first-order valence-electron chi connectivity index (χ1n) is 12.0. The molecule has 1 N–H and O–H groups in total. The van der Waals surface area contributed by atoms with Crippen molar-refractivity contribution < 1.29 is 9.53 Å². The summed E-state index contributed by atoms with van der Waals surface area (Å²) in [4.78, 5) is 15.5. The van der Waals surface area contributed by atoms with E-state index in [2.05, 4.69) is 52.7 Å². The average molecular weight is 421 g/mol. The lowest BCUT2D eigenvalue weighted by molar-refractivity contribution is 0.141. The highest BCUT2D eigenvalue weighted by Gasteiger charge is 2.30. The summed E-state index contributed by atoms with van der Waals surface area (Å²) < 4.78 is 5.30. The van der Waals surface area contributed by atoms with Gasteiger partial charge in [0.05, 0.1) is 7.11 Å². The van der Waals surface area contributed by atoms with E-state index in [-0.39, 0.29) is 6.03 Å². The fourth-order valence-electron chi connectivity index (χ4n) is 5.24. The highest BCUT2D eigenvalue weighted by atomic mass is 16.5. The second-order valence-corrected chi connectivity index (χ2v) is 9.18. The molecule has 4 nitrogen and oxygen atoms in total. The SMILES string of the molecule is COc1ccc(CN(C(=O)NC2CCCCC2)C2CCC(c3ccccc3)CC2)cc1. The van der Waals surface area contributed by atoms with E-state index >= 15 is 0 Å². The largest absolute Gasteiger partial charge is 0.497 e. The number of hydrogen-bond acceptors (Lipinski definition) is 2. The van der Waals surface area contributed by atoms with Gasteiger partial charge in [-0.3, -0.25) is 0 Å². The summed E-state index contributed by atoms with van der Waals surface area (Å²) in [6.45, 7) is 0.656. The normalized spacial score (nSPS) is 22.0. The molecule has 2 aliphatic rings. The molecule has 0 atom stereocenters. The lowest BCUT2D eigenvalue weighted by atomic mass is 9.81. The van der Waals surface area contributed by atoms with E-state index in [9.17, 15) is 4.79 Å². The summed E-state index contributed by atoms with van der Waals surface area (Å²) in [5, 5.41) is 3.36. The van der Waals surface area contributed by atoms with Crippen LogP contribution in [0.1, 0.15) is 74.8 Å². The molecule has 2 fully saturated rings. The monoisotopic (exact) mass is 420 g/mol. The minimum atomic E-state index is 0.117. The molecule has 31 heavy (non-hydrogen) atoms. The van der Waals surface area contributed by atoms with Crippen LogP contribution in [0.3, 0.4) is 0 Å². The Kier molecular flexibility index (Phi) is 7.50. The van der Waals surface area contributed by atoms with E-state index in [1.807, 2.05) is 12.1 Å². The summed E-state index contributed by atoms with van der Waals surface area (Å²) in [5.74, 6) is 1.46. The van der Waals surface area contributed by atoms with Gasteiger partial charge in [0.1, 0.15) is 5.75 Å². The zero-order valence-corrected chi connectivity index (χ0v) is 18.8. The minimum Gasteiger partial charge on any atom is -0.497 e. The van der Waals surface area contributed by atoms with E-state index in [4.69, 9.17) is 4.74 Å². The van der Waals surface area contributed by atoms with Crippen LogP contribution in [0.5, 0.6) is 5.75 Å². The number of urea groups is 1. The van der Waals surface area contributed by atoms with Gasteiger partial charge in [0.2, 0.25) is 0 Å². The number of hydrogen-bond donors (Lipinski definition) is 1. The van der Waals surface area contributed by atoms with Crippen molar-refractivity contribution in [1.82, 2.24) is 10.2 Å². The van der Waals surface area contributed by atoms with Crippen LogP contribution in [-0.2, 0) is 6.54 Å². The maximum Gasteiger partial charge on any atom is 0.318 e. The predicted molar refractivity (Wildman–Crippen MR) is 125 cm³/mol. The second kappa shape index (κ2) is 10.7. The first-order valence-corrected chi connectivity index (χ1v) is 12.0. The first kappa shape index (κ1) is 21.7. The van der Waals surface area contributed by atoms with Gasteiger partial charge >= 0.3 is 6.03 Å². The number of amides is 2. The molecule has 2 aromatic carbocycles.